The Kier molecular flexibility index (Phi) is 7.10. The highest BCUT2D eigenvalue weighted by molar-refractivity contribution is 5.93. The minimum atomic E-state index is -2.88. The van der Waals surface area contributed by atoms with Crippen LogP contribution in [0.5, 0.6) is 0 Å². The third-order valence-electron chi connectivity index (χ3n) is 7.55. The van der Waals surface area contributed by atoms with Crippen LogP contribution in [0, 0.1) is 6.92 Å². The lowest BCUT2D eigenvalue weighted by atomic mass is 10.0. The number of halogens is 2. The van der Waals surface area contributed by atoms with Crippen molar-refractivity contribution in [2.24, 2.45) is 0 Å². The Morgan fingerprint density at radius 3 is 2.52 bits per heavy atom. The number of nitrogens with zero attached hydrogens (tertiary/aromatic N) is 10. The molecule has 1 atom stereocenters. The number of carbonyl (C=O) groups excluding carboxylic acids is 1. The van der Waals surface area contributed by atoms with E-state index in [9.17, 15) is 13.6 Å². The molecule has 222 valence electrons. The SMILES string of the molecule is Cc1cn(-c2ccc3oc(-c4ccnc(C(=O)N5CCN(C(c6ccccc6)c6nnn(C(F)F)n6)CC5)c4)nc3c2)cn1. The number of alkyl halides is 2. The molecule has 1 amide bonds. The number of aryl methyl sites for hydroxylation is 1. The molecule has 1 unspecified atom stereocenters. The summed E-state index contributed by atoms with van der Waals surface area (Å²) in [5, 5.41) is 11.4. The summed E-state index contributed by atoms with van der Waals surface area (Å²) in [6.45, 7) is 0.782. The second kappa shape index (κ2) is 11.4. The first-order valence-electron chi connectivity index (χ1n) is 14.0. The number of piperazine rings is 1. The Morgan fingerprint density at radius 2 is 1.80 bits per heavy atom. The highest BCUT2D eigenvalue weighted by Crippen LogP contribution is 2.29. The van der Waals surface area contributed by atoms with Crippen LogP contribution in [0.4, 0.5) is 8.78 Å². The molecule has 7 rings (SSSR count). The van der Waals surface area contributed by atoms with Crippen LogP contribution < -0.4 is 0 Å². The maximum absolute atomic E-state index is 13.5. The van der Waals surface area contributed by atoms with Gasteiger partial charge >= 0.3 is 6.55 Å². The van der Waals surface area contributed by atoms with Gasteiger partial charge in [-0.15, -0.1) is 10.2 Å². The Bertz CT molecular complexity index is 1930. The maximum Gasteiger partial charge on any atom is 0.350 e. The minimum Gasteiger partial charge on any atom is -0.436 e. The number of tetrazole rings is 1. The molecule has 2 aromatic carbocycles. The average molecular weight is 597 g/mol. The minimum absolute atomic E-state index is 0.177. The van der Waals surface area contributed by atoms with Crippen LogP contribution in [-0.4, -0.2) is 81.6 Å². The van der Waals surface area contributed by atoms with Gasteiger partial charge in [0.05, 0.1) is 18.1 Å². The van der Waals surface area contributed by atoms with Crippen molar-refractivity contribution in [3.8, 4) is 17.1 Å². The van der Waals surface area contributed by atoms with E-state index in [1.54, 1.807) is 29.6 Å². The Hall–Kier alpha value is -5.37. The van der Waals surface area contributed by atoms with Gasteiger partial charge in [-0.3, -0.25) is 14.7 Å². The average Bonchev–Trinajstić information content (AvgIpc) is 3.82. The molecule has 1 fully saturated rings. The molecule has 44 heavy (non-hydrogen) atoms. The van der Waals surface area contributed by atoms with Crippen molar-refractivity contribution in [2.75, 3.05) is 26.2 Å². The van der Waals surface area contributed by atoms with E-state index < -0.39 is 12.6 Å². The number of imidazole rings is 1. The van der Waals surface area contributed by atoms with Crippen molar-refractivity contribution in [1.29, 1.82) is 0 Å². The monoisotopic (exact) mass is 596 g/mol. The standard InChI is InChI=1S/C30H26F2N10O2/c1-19-17-41(18-34-19)22-7-8-25-23(16-22)35-28(44-25)21-9-10-33-24(15-21)29(43)40-13-11-39(12-14-40)26(20-5-3-2-4-6-20)27-36-38-42(37-27)30(31)32/h2-10,15-18,26,30H,11-14H2,1H3. The molecule has 0 radical (unpaired) electrons. The molecular formula is C30H26F2N10O2. The number of hydrogen-bond donors (Lipinski definition) is 0. The quantitative estimate of drug-likeness (QED) is 0.265. The van der Waals surface area contributed by atoms with Gasteiger partial charge in [0.15, 0.2) is 11.4 Å². The number of carbonyl (C=O) groups is 1. The Morgan fingerprint density at radius 1 is 0.977 bits per heavy atom. The van der Waals surface area contributed by atoms with E-state index in [-0.39, 0.29) is 17.4 Å². The number of hydrogen-bond acceptors (Lipinski definition) is 9. The normalized spacial score (nSPS) is 14.9. The van der Waals surface area contributed by atoms with Crippen LogP contribution in [0.25, 0.3) is 28.2 Å². The summed E-state index contributed by atoms with van der Waals surface area (Å²) in [5.41, 5.74) is 4.88. The molecule has 1 aliphatic rings. The lowest BCUT2D eigenvalue weighted by Crippen LogP contribution is -2.50. The summed E-state index contributed by atoms with van der Waals surface area (Å²) in [6.07, 6.45) is 5.24. The number of amides is 1. The highest BCUT2D eigenvalue weighted by atomic mass is 19.3. The number of oxazole rings is 1. The molecule has 12 nitrogen and oxygen atoms in total. The number of fused-ring (bicyclic) bond motifs is 1. The van der Waals surface area contributed by atoms with E-state index in [1.807, 2.05) is 66.2 Å². The Balaban J connectivity index is 1.08. The van der Waals surface area contributed by atoms with Gasteiger partial charge in [0.1, 0.15) is 11.2 Å². The summed E-state index contributed by atoms with van der Waals surface area (Å²) in [5.74, 6) is 0.338. The molecule has 1 saturated heterocycles. The predicted octanol–water partition coefficient (Wildman–Crippen LogP) is 4.31. The van der Waals surface area contributed by atoms with Crippen molar-refractivity contribution in [3.05, 3.63) is 102 Å². The first kappa shape index (κ1) is 27.5. The largest absolute Gasteiger partial charge is 0.436 e. The van der Waals surface area contributed by atoms with Gasteiger partial charge in [-0.25, -0.2) is 9.97 Å². The van der Waals surface area contributed by atoms with Gasteiger partial charge in [-0.05, 0) is 48.0 Å². The summed E-state index contributed by atoms with van der Waals surface area (Å²) < 4.78 is 34.3. The number of rotatable bonds is 7. The van der Waals surface area contributed by atoms with Gasteiger partial charge in [0.2, 0.25) is 5.89 Å². The number of aromatic nitrogens is 8. The first-order valence-corrected chi connectivity index (χ1v) is 14.0. The van der Waals surface area contributed by atoms with Crippen LogP contribution in [-0.2, 0) is 0 Å². The van der Waals surface area contributed by atoms with Gasteiger partial charge in [-0.1, -0.05) is 35.1 Å². The highest BCUT2D eigenvalue weighted by Gasteiger charge is 2.32. The van der Waals surface area contributed by atoms with Gasteiger partial charge in [0.25, 0.3) is 5.91 Å². The smallest absolute Gasteiger partial charge is 0.350 e. The van der Waals surface area contributed by atoms with E-state index in [4.69, 9.17) is 4.42 Å². The molecule has 5 heterocycles. The van der Waals surface area contributed by atoms with E-state index in [2.05, 4.69) is 35.3 Å². The third kappa shape index (κ3) is 5.30. The molecule has 1 aliphatic heterocycles. The van der Waals surface area contributed by atoms with Crippen LogP contribution in [0.2, 0.25) is 0 Å². The van der Waals surface area contributed by atoms with E-state index >= 15 is 0 Å². The van der Waals surface area contributed by atoms with Crippen LogP contribution in [0.15, 0.2) is 83.8 Å². The molecule has 4 aromatic heterocycles. The fraction of sp³-hybridized carbons (Fsp3) is 0.233. The van der Waals surface area contributed by atoms with Gasteiger partial charge in [0, 0.05) is 49.8 Å². The summed E-state index contributed by atoms with van der Waals surface area (Å²) in [6, 6.07) is 18.1. The molecule has 6 aromatic rings. The Labute approximate surface area is 249 Å². The molecule has 0 spiro atoms. The lowest BCUT2D eigenvalue weighted by molar-refractivity contribution is 0.0385. The zero-order valence-electron chi connectivity index (χ0n) is 23.5. The zero-order valence-corrected chi connectivity index (χ0v) is 23.5. The van der Waals surface area contributed by atoms with Crippen molar-refractivity contribution >= 4 is 17.0 Å². The summed E-state index contributed by atoms with van der Waals surface area (Å²) >= 11 is 0. The molecule has 0 bridgehead atoms. The summed E-state index contributed by atoms with van der Waals surface area (Å²) in [7, 11) is 0. The van der Waals surface area contributed by atoms with Crippen molar-refractivity contribution < 1.29 is 18.0 Å². The van der Waals surface area contributed by atoms with Crippen LogP contribution in [0.3, 0.4) is 0 Å². The molecule has 0 N–H and O–H groups in total. The van der Waals surface area contributed by atoms with Crippen LogP contribution in [0.1, 0.15) is 40.2 Å². The second-order valence-corrected chi connectivity index (χ2v) is 10.4. The topological polar surface area (TPSA) is 124 Å². The van der Waals surface area contributed by atoms with Crippen LogP contribution >= 0.6 is 0 Å². The fourth-order valence-corrected chi connectivity index (χ4v) is 5.38. The molecule has 0 aliphatic carbocycles. The van der Waals surface area contributed by atoms with Crippen molar-refractivity contribution in [2.45, 2.75) is 19.5 Å². The lowest BCUT2D eigenvalue weighted by Gasteiger charge is -2.38. The zero-order chi connectivity index (χ0) is 30.2. The van der Waals surface area contributed by atoms with Gasteiger partial charge in [-0.2, -0.15) is 8.78 Å². The van der Waals surface area contributed by atoms with Crippen molar-refractivity contribution in [1.82, 2.24) is 49.5 Å². The molecule has 0 saturated carbocycles. The van der Waals surface area contributed by atoms with Crippen molar-refractivity contribution in [3.63, 3.8) is 0 Å². The van der Waals surface area contributed by atoms with E-state index in [1.165, 1.54) is 0 Å². The number of pyridine rings is 1. The van der Waals surface area contributed by atoms with E-state index in [0.29, 0.717) is 53.5 Å². The predicted molar refractivity (Wildman–Crippen MR) is 154 cm³/mol. The molecular weight excluding hydrogens is 570 g/mol. The first-order chi connectivity index (χ1) is 21.4. The third-order valence-corrected chi connectivity index (χ3v) is 7.55. The van der Waals surface area contributed by atoms with Gasteiger partial charge < -0.3 is 13.9 Å². The van der Waals surface area contributed by atoms with E-state index in [0.717, 1.165) is 16.9 Å². The fourth-order valence-electron chi connectivity index (χ4n) is 5.38. The molecule has 14 heteroatoms. The maximum atomic E-state index is 13.5. The summed E-state index contributed by atoms with van der Waals surface area (Å²) in [4.78, 5) is 30.9. The number of benzene rings is 2. The second-order valence-electron chi connectivity index (χ2n) is 10.4.